The Kier molecular flexibility index (Phi) is 18.5. The Bertz CT molecular complexity index is 2200. The summed E-state index contributed by atoms with van der Waals surface area (Å²) >= 11 is 8.31. The van der Waals surface area contributed by atoms with Crippen molar-refractivity contribution in [2.24, 2.45) is 17.8 Å². The SMILES string of the molecule is CCCCSC1CC(=O)N(CCC(=O)NCC2CCC(C(=O)N(C)CC(=O)O[C@H]3CC(=O)N(C)c4cc(cc(OC)c4Cl)C/C(C)=C/C=C/[C@@H](OC)[C@@]4(O)C[C@H](OC(=O)N4)[C@@H](C)[C@@H]4O[C@@]34C)CC2)C1=O. The number of methoxy groups -OCH3 is 2. The van der Waals surface area contributed by atoms with Gasteiger partial charge in [0.15, 0.2) is 5.72 Å². The maximum absolute atomic E-state index is 14.3. The van der Waals surface area contributed by atoms with Gasteiger partial charge in [-0.3, -0.25) is 39.0 Å². The van der Waals surface area contributed by atoms with E-state index in [-0.39, 0.29) is 78.0 Å². The standard InChI is InChI=1S/C50H70ClN5O13S/c1-9-10-20-70-37-24-42(59)56(47(37)62)19-18-40(57)52-27-31-14-16-33(17-15-31)46(61)54(5)28-43(60)68-39-25-41(58)55(6)34-22-32(23-35(65-7)44(34)51)21-29(2)12-11-13-38(66-8)50(64)26-36(67-48(63)53-50)30(3)45-49(39,4)69-45/h11-13,22-23,30-31,33,36-39,45,64H,9-10,14-21,24-28H2,1-8H3,(H,52,57)(H,53,63)/b13-11+,29-12+/t30-,31?,33?,36+,37?,38-,39+,45+,49+,50+/m1/s1. The molecule has 0 spiro atoms. The average Bonchev–Trinajstić information content (AvgIpc) is 3.94. The Morgan fingerprint density at radius 2 is 1.81 bits per heavy atom. The molecule has 3 saturated heterocycles. The van der Waals surface area contributed by atoms with Crippen LogP contribution in [0.15, 0.2) is 35.9 Å². The molecule has 20 heteroatoms. The van der Waals surface area contributed by atoms with Gasteiger partial charge in [-0.25, -0.2) is 4.79 Å². The van der Waals surface area contributed by atoms with Crippen LogP contribution in [0.4, 0.5) is 10.5 Å². The van der Waals surface area contributed by atoms with Gasteiger partial charge in [-0.15, -0.1) is 11.8 Å². The quantitative estimate of drug-likeness (QED) is 0.0901. The summed E-state index contributed by atoms with van der Waals surface area (Å²) in [7, 11) is 5.99. The number of amides is 6. The van der Waals surface area contributed by atoms with E-state index in [2.05, 4.69) is 17.6 Å². The van der Waals surface area contributed by atoms with Gasteiger partial charge in [-0.05, 0) is 81.7 Å². The second kappa shape index (κ2) is 23.7. The van der Waals surface area contributed by atoms with Crippen molar-refractivity contribution in [1.29, 1.82) is 0 Å². The average molecular weight is 1020 g/mol. The highest BCUT2D eigenvalue weighted by atomic mass is 35.5. The molecule has 4 bridgehead atoms. The van der Waals surface area contributed by atoms with Crippen molar-refractivity contribution >= 4 is 70.6 Å². The van der Waals surface area contributed by atoms with Gasteiger partial charge < -0.3 is 43.9 Å². The first-order chi connectivity index (χ1) is 33.2. The van der Waals surface area contributed by atoms with Crippen molar-refractivity contribution in [1.82, 2.24) is 20.4 Å². The summed E-state index contributed by atoms with van der Waals surface area (Å²) in [5.74, 6) is -1.80. The highest BCUT2D eigenvalue weighted by Gasteiger charge is 2.64. The van der Waals surface area contributed by atoms with Gasteiger partial charge in [-0.1, -0.05) is 55.7 Å². The third-order valence-corrected chi connectivity index (χ3v) is 16.0. The van der Waals surface area contributed by atoms with Crippen LogP contribution in [-0.2, 0) is 54.1 Å². The Morgan fingerprint density at radius 1 is 1.09 bits per heavy atom. The minimum absolute atomic E-state index is 0.0235. The second-order valence-corrected chi connectivity index (χ2v) is 21.2. The number of halogens is 1. The maximum Gasteiger partial charge on any atom is 0.409 e. The molecule has 1 unspecified atom stereocenters. The molecule has 4 aliphatic heterocycles. The maximum atomic E-state index is 14.3. The fourth-order valence-corrected chi connectivity index (χ4v) is 11.5. The molecule has 1 saturated carbocycles. The molecule has 0 aromatic heterocycles. The Labute approximate surface area is 419 Å². The molecule has 8 atom stereocenters. The normalized spacial score (nSPS) is 31.7. The second-order valence-electron chi connectivity index (χ2n) is 19.5. The van der Waals surface area contributed by atoms with E-state index >= 15 is 0 Å². The highest BCUT2D eigenvalue weighted by molar-refractivity contribution is 8.00. The number of carbonyl (C=O) groups excluding carboxylic acids is 7. The number of rotatable bonds is 15. The number of likely N-dealkylation sites (N-methyl/N-ethyl adjacent to an activating group) is 1. The molecular weight excluding hydrogens is 946 g/mol. The van der Waals surface area contributed by atoms with Crippen molar-refractivity contribution in [3.63, 3.8) is 0 Å². The minimum Gasteiger partial charge on any atom is -0.495 e. The lowest BCUT2D eigenvalue weighted by Crippen LogP contribution is -2.63. The van der Waals surface area contributed by atoms with E-state index in [1.54, 1.807) is 45.2 Å². The number of alkyl carbamates (subject to hydrolysis) is 1. The molecule has 6 amide bonds. The van der Waals surface area contributed by atoms with Crippen molar-refractivity contribution in [3.05, 3.63) is 46.5 Å². The molecule has 5 aliphatic rings. The van der Waals surface area contributed by atoms with Gasteiger partial charge in [0.25, 0.3) is 0 Å². The van der Waals surface area contributed by atoms with Gasteiger partial charge in [0, 0.05) is 65.4 Å². The summed E-state index contributed by atoms with van der Waals surface area (Å²) in [6.45, 7) is 7.53. The summed E-state index contributed by atoms with van der Waals surface area (Å²) < 4.78 is 29.4. The van der Waals surface area contributed by atoms with Crippen molar-refractivity contribution < 1.29 is 62.4 Å². The Balaban J connectivity index is 1.09. The van der Waals surface area contributed by atoms with Crippen LogP contribution in [0.3, 0.4) is 0 Å². The van der Waals surface area contributed by atoms with Crippen LogP contribution in [0.1, 0.15) is 97.5 Å². The molecule has 3 N–H and O–H groups in total. The number of nitrogens with zero attached hydrogens (tertiary/aromatic N) is 3. The molecule has 1 aliphatic carbocycles. The van der Waals surface area contributed by atoms with Gasteiger partial charge in [0.1, 0.15) is 41.2 Å². The number of epoxide rings is 1. The Hall–Kier alpha value is -4.69. The number of allylic oxidation sites excluding steroid dienone is 3. The molecule has 70 heavy (non-hydrogen) atoms. The zero-order valence-electron chi connectivity index (χ0n) is 41.6. The summed E-state index contributed by atoms with van der Waals surface area (Å²) in [5.41, 5.74) is -1.05. The van der Waals surface area contributed by atoms with Gasteiger partial charge in [0.2, 0.25) is 29.5 Å². The van der Waals surface area contributed by atoms with E-state index in [0.717, 1.165) is 29.7 Å². The van der Waals surface area contributed by atoms with E-state index in [4.69, 9.17) is 35.3 Å². The predicted molar refractivity (Wildman–Crippen MR) is 262 cm³/mol. The molecule has 18 nitrogen and oxygen atoms in total. The van der Waals surface area contributed by atoms with Crippen molar-refractivity contribution in [2.45, 2.75) is 139 Å². The number of unbranched alkanes of at least 4 members (excludes halogenated alkanes) is 1. The van der Waals surface area contributed by atoms with E-state index in [1.165, 1.54) is 47.7 Å². The number of esters is 1. The number of hydrogen-bond acceptors (Lipinski definition) is 14. The first-order valence-corrected chi connectivity index (χ1v) is 25.7. The van der Waals surface area contributed by atoms with Crippen LogP contribution in [0.25, 0.3) is 0 Å². The van der Waals surface area contributed by atoms with E-state index in [1.807, 2.05) is 13.0 Å². The van der Waals surface area contributed by atoms with Crippen LogP contribution in [0, 0.1) is 17.8 Å². The van der Waals surface area contributed by atoms with E-state index < -0.39 is 66.2 Å². The summed E-state index contributed by atoms with van der Waals surface area (Å²) in [5, 5.41) is 17.1. The molecule has 4 heterocycles. The largest absolute Gasteiger partial charge is 0.495 e. The minimum atomic E-state index is -1.86. The number of anilines is 1. The number of hydrogen-bond donors (Lipinski definition) is 3. The Morgan fingerprint density at radius 3 is 2.50 bits per heavy atom. The number of likely N-dealkylation sites (tertiary alicyclic amines) is 1. The van der Waals surface area contributed by atoms with Crippen LogP contribution in [-0.4, -0.2) is 151 Å². The number of thioether (sulfide) groups is 1. The topological polar surface area (TPSA) is 223 Å². The predicted octanol–water partition coefficient (Wildman–Crippen LogP) is 5.10. The van der Waals surface area contributed by atoms with Crippen molar-refractivity contribution in [3.8, 4) is 5.75 Å². The lowest BCUT2D eigenvalue weighted by molar-refractivity contribution is -0.158. The summed E-state index contributed by atoms with van der Waals surface area (Å²) in [4.78, 5) is 96.8. The lowest BCUT2D eigenvalue weighted by atomic mass is 9.81. The van der Waals surface area contributed by atoms with Crippen molar-refractivity contribution in [2.75, 3.05) is 58.6 Å². The number of carbonyl (C=O) groups is 7. The number of nitrogens with one attached hydrogen (secondary N) is 2. The monoisotopic (exact) mass is 1020 g/mol. The zero-order chi connectivity index (χ0) is 51.1. The van der Waals surface area contributed by atoms with E-state index in [0.29, 0.717) is 50.1 Å². The number of fused-ring (bicyclic) bond motifs is 5. The highest BCUT2D eigenvalue weighted by Crippen LogP contribution is 2.49. The van der Waals surface area contributed by atoms with Crippen LogP contribution in [0.2, 0.25) is 5.02 Å². The third-order valence-electron chi connectivity index (χ3n) is 14.3. The number of aliphatic hydroxyl groups is 1. The number of benzene rings is 1. The first kappa shape index (κ1) is 54.6. The lowest BCUT2D eigenvalue weighted by Gasteiger charge is -2.42. The number of ether oxygens (including phenoxy) is 5. The van der Waals surface area contributed by atoms with Gasteiger partial charge in [-0.2, -0.15) is 0 Å². The molecule has 1 aromatic rings. The fraction of sp³-hybridized carbons (Fsp3) is 0.660. The zero-order valence-corrected chi connectivity index (χ0v) is 43.2. The van der Waals surface area contributed by atoms with Crippen LogP contribution >= 0.6 is 23.4 Å². The fourth-order valence-electron chi connectivity index (χ4n) is 9.95. The van der Waals surface area contributed by atoms with E-state index in [9.17, 15) is 38.7 Å². The number of imide groups is 1. The molecule has 386 valence electrons. The summed E-state index contributed by atoms with van der Waals surface area (Å²) in [6, 6.07) is 3.57. The first-order valence-electron chi connectivity index (χ1n) is 24.3. The molecule has 0 radical (unpaired) electrons. The molecular formula is C50H70ClN5O13S. The summed E-state index contributed by atoms with van der Waals surface area (Å²) in [6.07, 6.45) is 5.27. The third kappa shape index (κ3) is 13.0. The van der Waals surface area contributed by atoms with Gasteiger partial charge >= 0.3 is 12.1 Å². The van der Waals surface area contributed by atoms with Gasteiger partial charge in [0.05, 0.1) is 30.6 Å². The molecule has 1 aromatic carbocycles. The van der Waals surface area contributed by atoms with Crippen LogP contribution in [0.5, 0.6) is 5.75 Å². The smallest absolute Gasteiger partial charge is 0.409 e. The van der Waals surface area contributed by atoms with Crippen LogP contribution < -0.4 is 20.3 Å². The molecule has 6 rings (SSSR count). The molecule has 4 fully saturated rings.